The van der Waals surface area contributed by atoms with Crippen LogP contribution in [0.15, 0.2) is 15.1 Å². The average Bonchev–Trinajstić information content (AvgIpc) is 2.56. The van der Waals surface area contributed by atoms with E-state index in [1.807, 2.05) is 13.1 Å². The molecule has 1 atom stereocenters. The van der Waals surface area contributed by atoms with Gasteiger partial charge in [-0.2, -0.15) is 5.10 Å². The molecule has 122 valence electrons. The van der Waals surface area contributed by atoms with Gasteiger partial charge in [0.25, 0.3) is 0 Å². The summed E-state index contributed by atoms with van der Waals surface area (Å²) in [6.07, 6.45) is 0. The summed E-state index contributed by atoms with van der Waals surface area (Å²) in [4.78, 5) is 0. The molecular weight excluding hydrogens is 304 g/mol. The molecule has 0 fully saturated rings. The summed E-state index contributed by atoms with van der Waals surface area (Å²) in [6.45, 7) is 13.6. The Morgan fingerprint density at radius 3 is 2.14 bits per heavy atom. The fraction of sp³-hybridized carbons (Fsp3) is 0.769. The van der Waals surface area contributed by atoms with Gasteiger partial charge in [-0.25, -0.2) is 9.35 Å². The Hall–Kier alpha value is -0.703. The molecule has 0 amide bonds. The number of rotatable bonds is 3. The van der Waals surface area contributed by atoms with Crippen molar-refractivity contribution in [1.29, 1.82) is 0 Å². The van der Waals surface area contributed by atoms with Crippen molar-refractivity contribution in [1.82, 2.24) is 9.78 Å². The first-order valence-electron chi connectivity index (χ1n) is 6.91. The van der Waals surface area contributed by atoms with Crippen molar-refractivity contribution in [2.75, 3.05) is 0 Å². The van der Waals surface area contributed by atoms with Crippen molar-refractivity contribution in [3.05, 3.63) is 11.8 Å². The number of aliphatic hydroxyl groups is 1. The monoisotopic (exact) mass is 332 g/mol. The summed E-state index contributed by atoms with van der Waals surface area (Å²) < 4.78 is 18.8. The zero-order valence-electron chi connectivity index (χ0n) is 14.3. The van der Waals surface area contributed by atoms with E-state index < -0.39 is 23.8 Å². The fourth-order valence-corrected chi connectivity index (χ4v) is 6.38. The third-order valence-electron chi connectivity index (χ3n) is 3.98. The molecule has 0 spiro atoms. The minimum Gasteiger partial charge on any atom is -0.384 e. The summed E-state index contributed by atoms with van der Waals surface area (Å²) in [5.74, 6) is 0. The van der Waals surface area contributed by atoms with Crippen LogP contribution in [0.2, 0.25) is 18.1 Å². The van der Waals surface area contributed by atoms with Crippen molar-refractivity contribution in [2.45, 2.75) is 63.4 Å². The molecule has 0 radical (unpaired) electrons. The second-order valence-corrected chi connectivity index (χ2v) is 14.4. The maximum Gasteiger partial charge on any atom is 0.195 e. The number of aromatic nitrogens is 2. The predicted octanol–water partition coefficient (Wildman–Crippen LogP) is 2.35. The summed E-state index contributed by atoms with van der Waals surface area (Å²) >= 11 is 0. The van der Waals surface area contributed by atoms with Gasteiger partial charge in [-0.1, -0.05) is 20.8 Å². The van der Waals surface area contributed by atoms with Gasteiger partial charge in [-0.05, 0) is 32.0 Å². The molecular formula is C13H28N4O2SSi. The van der Waals surface area contributed by atoms with Gasteiger partial charge in [0.05, 0.1) is 5.69 Å². The van der Waals surface area contributed by atoms with E-state index in [4.69, 9.17) is 5.14 Å². The SMILES string of the molecule is Cn1nc(S(N)(=O)=N[Si](C)(C)C(C)(C)C)cc1C(C)(C)O. The van der Waals surface area contributed by atoms with E-state index in [0.29, 0.717) is 5.69 Å². The lowest BCUT2D eigenvalue weighted by Gasteiger charge is -2.32. The zero-order chi connectivity index (χ0) is 16.9. The highest BCUT2D eigenvalue weighted by atomic mass is 32.2. The minimum absolute atomic E-state index is 0.0527. The van der Waals surface area contributed by atoms with Gasteiger partial charge in [0.15, 0.2) is 13.3 Å². The smallest absolute Gasteiger partial charge is 0.195 e. The number of nitrogens with two attached hydrogens (primary N) is 1. The molecule has 0 aliphatic carbocycles. The quantitative estimate of drug-likeness (QED) is 0.832. The van der Waals surface area contributed by atoms with E-state index in [9.17, 15) is 9.32 Å². The Morgan fingerprint density at radius 2 is 1.81 bits per heavy atom. The molecule has 1 aromatic heterocycles. The van der Waals surface area contributed by atoms with Crippen molar-refractivity contribution in [3.8, 4) is 0 Å². The second kappa shape index (κ2) is 5.19. The van der Waals surface area contributed by atoms with Crippen LogP contribution in [0.25, 0.3) is 0 Å². The average molecular weight is 333 g/mol. The summed E-state index contributed by atoms with van der Waals surface area (Å²) in [7, 11) is -3.54. The van der Waals surface area contributed by atoms with E-state index in [2.05, 4.69) is 29.9 Å². The van der Waals surface area contributed by atoms with Gasteiger partial charge in [0.1, 0.15) is 15.5 Å². The fourth-order valence-electron chi connectivity index (χ4n) is 1.68. The molecule has 0 aliphatic heterocycles. The number of aryl methyl sites for hydroxylation is 1. The molecule has 1 unspecified atom stereocenters. The van der Waals surface area contributed by atoms with E-state index >= 15 is 0 Å². The van der Waals surface area contributed by atoms with Gasteiger partial charge in [0.2, 0.25) is 0 Å². The Morgan fingerprint density at radius 1 is 1.33 bits per heavy atom. The summed E-state index contributed by atoms with van der Waals surface area (Å²) in [5.41, 5.74) is -0.520. The van der Waals surface area contributed by atoms with E-state index in [1.54, 1.807) is 27.0 Å². The Kier molecular flexibility index (Phi) is 4.53. The normalized spacial score (nSPS) is 16.7. The second-order valence-electron chi connectivity index (χ2n) is 7.52. The van der Waals surface area contributed by atoms with Crippen LogP contribution in [0.4, 0.5) is 0 Å². The van der Waals surface area contributed by atoms with Gasteiger partial charge in [-0.15, -0.1) is 0 Å². The minimum atomic E-state index is -3.07. The lowest BCUT2D eigenvalue weighted by molar-refractivity contribution is 0.0696. The molecule has 0 aromatic carbocycles. The number of nitrogens with zero attached hydrogens (tertiary/aromatic N) is 3. The van der Waals surface area contributed by atoms with E-state index in [-0.39, 0.29) is 10.1 Å². The maximum atomic E-state index is 12.8. The van der Waals surface area contributed by atoms with Gasteiger partial charge in [-0.3, -0.25) is 8.71 Å². The highest BCUT2D eigenvalue weighted by molar-refractivity contribution is 7.92. The van der Waals surface area contributed by atoms with Gasteiger partial charge >= 0.3 is 0 Å². The lowest BCUT2D eigenvalue weighted by atomic mass is 10.1. The van der Waals surface area contributed by atoms with E-state index in [1.165, 1.54) is 4.68 Å². The van der Waals surface area contributed by atoms with Crippen molar-refractivity contribution < 1.29 is 9.32 Å². The van der Waals surface area contributed by atoms with Crippen LogP contribution in [0.5, 0.6) is 0 Å². The molecule has 8 heteroatoms. The lowest BCUT2D eigenvalue weighted by Crippen LogP contribution is -2.37. The van der Waals surface area contributed by atoms with Crippen LogP contribution in [0.1, 0.15) is 40.3 Å². The Balaban J connectivity index is 3.43. The molecule has 0 saturated heterocycles. The molecule has 0 saturated carbocycles. The molecule has 1 aromatic rings. The van der Waals surface area contributed by atoms with Gasteiger partial charge < -0.3 is 5.11 Å². The molecule has 21 heavy (non-hydrogen) atoms. The van der Waals surface area contributed by atoms with Crippen LogP contribution in [-0.2, 0) is 22.6 Å². The molecule has 1 rings (SSSR count). The highest BCUT2D eigenvalue weighted by Crippen LogP contribution is 2.37. The van der Waals surface area contributed by atoms with Crippen LogP contribution in [0.3, 0.4) is 0 Å². The van der Waals surface area contributed by atoms with Crippen molar-refractivity contribution >= 4 is 18.2 Å². The zero-order valence-corrected chi connectivity index (χ0v) is 16.1. The van der Waals surface area contributed by atoms with Crippen LogP contribution in [0, 0.1) is 0 Å². The summed E-state index contributed by atoms with van der Waals surface area (Å²) in [5, 5.41) is 20.5. The number of hydrogen-bond acceptors (Lipinski definition) is 4. The first kappa shape index (κ1) is 18.3. The molecule has 0 aliphatic rings. The predicted molar refractivity (Wildman–Crippen MR) is 88.7 cm³/mol. The Bertz CT molecular complexity index is 644. The Labute approximate surface area is 129 Å². The topological polar surface area (TPSA) is 93.5 Å². The molecule has 0 bridgehead atoms. The maximum absolute atomic E-state index is 12.8. The molecule has 1 heterocycles. The first-order chi connectivity index (χ1) is 9.08. The number of hydrogen-bond donors (Lipinski definition) is 2. The van der Waals surface area contributed by atoms with Crippen molar-refractivity contribution in [3.63, 3.8) is 0 Å². The third-order valence-corrected chi connectivity index (χ3v) is 11.4. The molecule has 6 nitrogen and oxygen atoms in total. The first-order valence-corrected chi connectivity index (χ1v) is 11.4. The van der Waals surface area contributed by atoms with Crippen LogP contribution >= 0.6 is 0 Å². The highest BCUT2D eigenvalue weighted by Gasteiger charge is 2.38. The van der Waals surface area contributed by atoms with Crippen molar-refractivity contribution in [2.24, 2.45) is 16.2 Å². The largest absolute Gasteiger partial charge is 0.384 e. The molecule has 3 N–H and O–H groups in total. The van der Waals surface area contributed by atoms with Gasteiger partial charge in [0, 0.05) is 13.1 Å². The third kappa shape index (κ3) is 3.94. The van der Waals surface area contributed by atoms with Crippen LogP contribution < -0.4 is 5.14 Å². The van der Waals surface area contributed by atoms with E-state index in [0.717, 1.165) is 0 Å². The van der Waals surface area contributed by atoms with Crippen LogP contribution in [-0.4, -0.2) is 27.3 Å². The summed E-state index contributed by atoms with van der Waals surface area (Å²) in [6, 6.07) is 1.58. The standard InChI is InChI=1S/C13H28N4O2SSi/c1-12(2,3)21(7,8)16-20(14,19)11-9-10(13(4,5)18)17(6)15-11/h9,18H,1-8H3,(H2,14,16,19).